The van der Waals surface area contributed by atoms with Crippen LogP contribution in [-0.2, 0) is 11.3 Å². The van der Waals surface area contributed by atoms with Crippen LogP contribution in [0.5, 0.6) is 5.88 Å². The number of pyridine rings is 1. The predicted octanol–water partition coefficient (Wildman–Crippen LogP) is 4.34. The third-order valence-corrected chi connectivity index (χ3v) is 6.31. The molecule has 0 saturated carbocycles. The molecular weight excluding hydrogens is 476 g/mol. The van der Waals surface area contributed by atoms with Gasteiger partial charge in [0.25, 0.3) is 5.91 Å². The van der Waals surface area contributed by atoms with E-state index in [0.29, 0.717) is 49.2 Å². The summed E-state index contributed by atoms with van der Waals surface area (Å²) in [5.41, 5.74) is 2.40. The predicted molar refractivity (Wildman–Crippen MR) is 140 cm³/mol. The third kappa shape index (κ3) is 6.42. The lowest BCUT2D eigenvalue weighted by Gasteiger charge is -2.38. The number of hydrogen-bond acceptors (Lipinski definition) is 5. The highest BCUT2D eigenvalue weighted by atomic mass is 35.5. The Labute approximate surface area is 217 Å². The van der Waals surface area contributed by atoms with Crippen LogP contribution in [0.4, 0.5) is 0 Å². The first kappa shape index (κ1) is 25.7. The van der Waals surface area contributed by atoms with Crippen molar-refractivity contribution in [3.63, 3.8) is 0 Å². The van der Waals surface area contributed by atoms with Gasteiger partial charge in [0.2, 0.25) is 11.8 Å². The Kier molecular flexibility index (Phi) is 8.57. The van der Waals surface area contributed by atoms with Gasteiger partial charge in [-0.3, -0.25) is 14.5 Å². The first-order valence-corrected chi connectivity index (χ1v) is 12.5. The van der Waals surface area contributed by atoms with E-state index >= 15 is 0 Å². The normalized spacial score (nSPS) is 14.9. The highest BCUT2D eigenvalue weighted by Crippen LogP contribution is 2.26. The van der Waals surface area contributed by atoms with Crippen LogP contribution in [0, 0.1) is 0 Å². The second-order valence-corrected chi connectivity index (χ2v) is 9.43. The molecule has 188 valence electrons. The molecule has 7 nitrogen and oxygen atoms in total. The molecule has 1 atom stereocenters. The molecule has 4 rings (SSSR count). The van der Waals surface area contributed by atoms with Crippen LogP contribution >= 0.6 is 11.6 Å². The van der Waals surface area contributed by atoms with Gasteiger partial charge in [0, 0.05) is 38.9 Å². The zero-order chi connectivity index (χ0) is 25.5. The molecule has 1 N–H and O–H groups in total. The lowest BCUT2D eigenvalue weighted by atomic mass is 10.0. The van der Waals surface area contributed by atoms with E-state index in [1.807, 2.05) is 74.5 Å². The summed E-state index contributed by atoms with van der Waals surface area (Å²) >= 11 is 6.29. The number of benzene rings is 2. The van der Waals surface area contributed by atoms with Gasteiger partial charge in [-0.2, -0.15) is 0 Å². The summed E-state index contributed by atoms with van der Waals surface area (Å²) in [6.45, 7) is 6.37. The maximum atomic E-state index is 13.3. The summed E-state index contributed by atoms with van der Waals surface area (Å²) in [5.74, 6) is 0.131. The number of aromatic nitrogens is 1. The molecule has 1 aromatic heterocycles. The van der Waals surface area contributed by atoms with Crippen molar-refractivity contribution in [2.75, 3.05) is 26.2 Å². The Morgan fingerprint density at radius 3 is 2.25 bits per heavy atom. The Balaban J connectivity index is 1.42. The summed E-state index contributed by atoms with van der Waals surface area (Å²) in [4.78, 5) is 34.6. The van der Waals surface area contributed by atoms with Crippen LogP contribution in [-0.4, -0.2) is 58.9 Å². The SMILES string of the molecule is CC(C)Oc1ncc(C(=O)N2CCN(C(C(=O)NCc3ccccc3)c3ccccc3)CC2)cc1Cl. The van der Waals surface area contributed by atoms with Gasteiger partial charge in [0.15, 0.2) is 0 Å². The molecule has 3 aromatic rings. The topological polar surface area (TPSA) is 74.8 Å². The minimum Gasteiger partial charge on any atom is -0.474 e. The number of amides is 2. The summed E-state index contributed by atoms with van der Waals surface area (Å²) < 4.78 is 5.57. The van der Waals surface area contributed by atoms with Crippen LogP contribution in [0.15, 0.2) is 72.9 Å². The number of rotatable bonds is 8. The molecule has 1 aliphatic heterocycles. The van der Waals surface area contributed by atoms with Gasteiger partial charge in [-0.15, -0.1) is 0 Å². The molecule has 0 radical (unpaired) electrons. The van der Waals surface area contributed by atoms with Crippen LogP contribution in [0.3, 0.4) is 0 Å². The van der Waals surface area contributed by atoms with Crippen molar-refractivity contribution in [2.45, 2.75) is 32.5 Å². The molecule has 1 fully saturated rings. The standard InChI is InChI=1S/C28H31ClN4O3/c1-20(2)36-27-24(29)17-23(19-31-27)28(35)33-15-13-32(14-16-33)25(22-11-7-4-8-12-22)26(34)30-18-21-9-5-3-6-10-21/h3-12,17,19-20,25H,13-16,18H2,1-2H3,(H,30,34). The fourth-order valence-electron chi connectivity index (χ4n) is 4.26. The molecule has 1 aliphatic rings. The fraction of sp³-hybridized carbons (Fsp3) is 0.321. The molecule has 0 spiro atoms. The summed E-state index contributed by atoms with van der Waals surface area (Å²) in [6, 6.07) is 20.8. The first-order valence-electron chi connectivity index (χ1n) is 12.1. The van der Waals surface area contributed by atoms with Gasteiger partial charge >= 0.3 is 0 Å². The molecule has 0 aliphatic carbocycles. The molecule has 2 amide bonds. The number of ether oxygens (including phenoxy) is 1. The first-order chi connectivity index (χ1) is 17.4. The Morgan fingerprint density at radius 2 is 1.64 bits per heavy atom. The van der Waals surface area contributed by atoms with E-state index in [0.717, 1.165) is 11.1 Å². The van der Waals surface area contributed by atoms with Crippen molar-refractivity contribution >= 4 is 23.4 Å². The maximum absolute atomic E-state index is 13.3. The highest BCUT2D eigenvalue weighted by Gasteiger charge is 2.32. The van der Waals surface area contributed by atoms with E-state index in [4.69, 9.17) is 16.3 Å². The summed E-state index contributed by atoms with van der Waals surface area (Å²) in [6.07, 6.45) is 1.44. The van der Waals surface area contributed by atoms with Crippen molar-refractivity contribution in [1.82, 2.24) is 20.1 Å². The van der Waals surface area contributed by atoms with Crippen LogP contribution in [0.1, 0.15) is 41.4 Å². The Morgan fingerprint density at radius 1 is 1.00 bits per heavy atom. The fourth-order valence-corrected chi connectivity index (χ4v) is 4.47. The molecule has 1 unspecified atom stereocenters. The maximum Gasteiger partial charge on any atom is 0.255 e. The number of piperazine rings is 1. The molecule has 2 heterocycles. The summed E-state index contributed by atoms with van der Waals surface area (Å²) in [5, 5.41) is 3.40. The zero-order valence-electron chi connectivity index (χ0n) is 20.6. The number of nitrogens with zero attached hydrogens (tertiary/aromatic N) is 3. The minimum atomic E-state index is -0.434. The van der Waals surface area contributed by atoms with Gasteiger partial charge < -0.3 is 15.0 Å². The Hall–Kier alpha value is -3.42. The number of hydrogen-bond donors (Lipinski definition) is 1. The van der Waals surface area contributed by atoms with Crippen LogP contribution in [0.25, 0.3) is 0 Å². The highest BCUT2D eigenvalue weighted by molar-refractivity contribution is 6.32. The molecule has 1 saturated heterocycles. The number of carbonyl (C=O) groups is 2. The monoisotopic (exact) mass is 506 g/mol. The number of nitrogens with one attached hydrogen (secondary N) is 1. The molecule has 8 heteroatoms. The second kappa shape index (κ2) is 12.0. The number of halogens is 1. The Bertz CT molecular complexity index is 1170. The van der Waals surface area contributed by atoms with E-state index < -0.39 is 6.04 Å². The second-order valence-electron chi connectivity index (χ2n) is 9.02. The van der Waals surface area contributed by atoms with E-state index in [-0.39, 0.29) is 17.9 Å². The van der Waals surface area contributed by atoms with Gasteiger partial charge in [0.05, 0.1) is 11.7 Å². The zero-order valence-corrected chi connectivity index (χ0v) is 21.3. The summed E-state index contributed by atoms with van der Waals surface area (Å²) in [7, 11) is 0. The van der Waals surface area contributed by atoms with E-state index in [1.54, 1.807) is 11.0 Å². The largest absolute Gasteiger partial charge is 0.474 e. The molecule has 0 bridgehead atoms. The molecular formula is C28H31ClN4O3. The van der Waals surface area contributed by atoms with Crippen molar-refractivity contribution in [2.24, 2.45) is 0 Å². The third-order valence-electron chi connectivity index (χ3n) is 6.04. The molecule has 2 aromatic carbocycles. The smallest absolute Gasteiger partial charge is 0.255 e. The van der Waals surface area contributed by atoms with Crippen molar-refractivity contribution in [3.05, 3.63) is 94.6 Å². The average Bonchev–Trinajstić information content (AvgIpc) is 2.90. The van der Waals surface area contributed by atoms with E-state index in [9.17, 15) is 9.59 Å². The average molecular weight is 507 g/mol. The van der Waals surface area contributed by atoms with Crippen LogP contribution < -0.4 is 10.1 Å². The van der Waals surface area contributed by atoms with Crippen LogP contribution in [0.2, 0.25) is 5.02 Å². The van der Waals surface area contributed by atoms with Crippen molar-refractivity contribution in [3.8, 4) is 5.88 Å². The molecule has 36 heavy (non-hydrogen) atoms. The van der Waals surface area contributed by atoms with Crippen molar-refractivity contribution < 1.29 is 14.3 Å². The van der Waals surface area contributed by atoms with E-state index in [2.05, 4.69) is 15.2 Å². The van der Waals surface area contributed by atoms with Crippen molar-refractivity contribution in [1.29, 1.82) is 0 Å². The lowest BCUT2D eigenvalue weighted by Crippen LogP contribution is -2.52. The minimum absolute atomic E-state index is 0.0541. The van der Waals surface area contributed by atoms with Gasteiger partial charge in [-0.25, -0.2) is 4.98 Å². The lowest BCUT2D eigenvalue weighted by molar-refractivity contribution is -0.127. The number of carbonyl (C=O) groups excluding carboxylic acids is 2. The van der Waals surface area contributed by atoms with Gasteiger partial charge in [0.1, 0.15) is 11.1 Å². The van der Waals surface area contributed by atoms with Gasteiger partial charge in [-0.1, -0.05) is 72.3 Å². The van der Waals surface area contributed by atoms with E-state index in [1.165, 1.54) is 6.20 Å². The quantitative estimate of drug-likeness (QED) is 0.492. The van der Waals surface area contributed by atoms with Gasteiger partial charge in [-0.05, 0) is 31.0 Å².